The Morgan fingerprint density at radius 2 is 1.84 bits per heavy atom. The van der Waals surface area contributed by atoms with Crippen LogP contribution in [0.2, 0.25) is 0 Å². The molecule has 7 nitrogen and oxygen atoms in total. The van der Waals surface area contributed by atoms with Crippen LogP contribution in [0, 0.1) is 0 Å². The standard InChI is InChI=1S/C18H22N2O5/c1-13(17(22)19-10-6-2-3-7-11-19)24-16(21)12-20-14-8-4-5-9-15(14)25-18(20)23/h4-5,8-9,13H,2-3,6-7,10-12H2,1H3/t13-/m1/s1. The highest BCUT2D eigenvalue weighted by atomic mass is 16.5. The molecule has 3 rings (SSSR count). The number of amides is 1. The van der Waals surface area contributed by atoms with Gasteiger partial charge >= 0.3 is 11.7 Å². The minimum absolute atomic E-state index is 0.181. The van der Waals surface area contributed by atoms with E-state index in [1.807, 2.05) is 0 Å². The summed E-state index contributed by atoms with van der Waals surface area (Å²) in [6, 6.07) is 6.85. The zero-order valence-electron chi connectivity index (χ0n) is 14.3. The highest BCUT2D eigenvalue weighted by molar-refractivity contribution is 5.84. The van der Waals surface area contributed by atoms with Crippen LogP contribution in [-0.2, 0) is 20.9 Å². The van der Waals surface area contributed by atoms with E-state index >= 15 is 0 Å². The fourth-order valence-corrected chi connectivity index (χ4v) is 3.13. The molecule has 1 saturated heterocycles. The lowest BCUT2D eigenvalue weighted by Gasteiger charge is -2.24. The van der Waals surface area contributed by atoms with Gasteiger partial charge in [0.25, 0.3) is 5.91 Å². The average Bonchev–Trinajstić information content (AvgIpc) is 2.79. The van der Waals surface area contributed by atoms with E-state index in [4.69, 9.17) is 9.15 Å². The van der Waals surface area contributed by atoms with Crippen molar-refractivity contribution in [2.75, 3.05) is 13.1 Å². The van der Waals surface area contributed by atoms with Crippen molar-refractivity contribution in [2.24, 2.45) is 0 Å². The summed E-state index contributed by atoms with van der Waals surface area (Å²) in [5.41, 5.74) is 0.935. The number of para-hydroxylation sites is 2. The number of aromatic nitrogens is 1. The number of oxazole rings is 1. The van der Waals surface area contributed by atoms with Gasteiger partial charge in [0.2, 0.25) is 0 Å². The Hall–Kier alpha value is -2.57. The Morgan fingerprint density at radius 3 is 2.56 bits per heavy atom. The lowest BCUT2D eigenvalue weighted by molar-refractivity contribution is -0.159. The summed E-state index contributed by atoms with van der Waals surface area (Å²) in [5.74, 6) is -1.44. The van der Waals surface area contributed by atoms with E-state index in [9.17, 15) is 14.4 Å². The number of carbonyl (C=O) groups excluding carboxylic acids is 2. The molecular formula is C18H22N2O5. The normalized spacial score (nSPS) is 16.4. The molecule has 1 aliphatic rings. The Kier molecular flexibility index (Phi) is 5.21. The lowest BCUT2D eigenvalue weighted by atomic mass is 10.2. The monoisotopic (exact) mass is 346 g/mol. The molecule has 2 heterocycles. The number of ether oxygens (including phenoxy) is 1. The van der Waals surface area contributed by atoms with E-state index in [-0.39, 0.29) is 12.5 Å². The number of nitrogens with zero attached hydrogens (tertiary/aromatic N) is 2. The first-order valence-corrected chi connectivity index (χ1v) is 8.63. The third-order valence-electron chi connectivity index (χ3n) is 4.43. The fourth-order valence-electron chi connectivity index (χ4n) is 3.13. The van der Waals surface area contributed by atoms with Gasteiger partial charge in [-0.15, -0.1) is 0 Å². The number of benzene rings is 1. The number of esters is 1. The van der Waals surface area contributed by atoms with Gasteiger partial charge in [-0.25, -0.2) is 4.79 Å². The zero-order valence-corrected chi connectivity index (χ0v) is 14.3. The van der Waals surface area contributed by atoms with Crippen molar-refractivity contribution in [2.45, 2.75) is 45.3 Å². The van der Waals surface area contributed by atoms with Gasteiger partial charge in [-0.1, -0.05) is 25.0 Å². The molecule has 1 amide bonds. The molecule has 0 unspecified atom stereocenters. The van der Waals surface area contributed by atoms with E-state index in [1.54, 1.807) is 36.1 Å². The molecule has 1 aliphatic heterocycles. The summed E-state index contributed by atoms with van der Waals surface area (Å²) >= 11 is 0. The predicted molar refractivity (Wildman–Crippen MR) is 91.1 cm³/mol. The number of hydrogen-bond donors (Lipinski definition) is 0. The number of likely N-dealkylation sites (tertiary alicyclic amines) is 1. The van der Waals surface area contributed by atoms with Crippen molar-refractivity contribution < 1.29 is 18.7 Å². The summed E-state index contributed by atoms with van der Waals surface area (Å²) in [6.07, 6.45) is 3.33. The van der Waals surface area contributed by atoms with Gasteiger partial charge in [0.15, 0.2) is 11.7 Å². The average molecular weight is 346 g/mol. The highest BCUT2D eigenvalue weighted by Gasteiger charge is 2.25. The third-order valence-corrected chi connectivity index (χ3v) is 4.43. The van der Waals surface area contributed by atoms with Crippen LogP contribution in [0.1, 0.15) is 32.6 Å². The van der Waals surface area contributed by atoms with Crippen molar-refractivity contribution in [3.63, 3.8) is 0 Å². The van der Waals surface area contributed by atoms with Crippen LogP contribution in [0.25, 0.3) is 11.1 Å². The first-order chi connectivity index (χ1) is 12.1. The molecule has 0 radical (unpaired) electrons. The van der Waals surface area contributed by atoms with Gasteiger partial charge in [0.1, 0.15) is 6.54 Å². The van der Waals surface area contributed by atoms with E-state index in [0.29, 0.717) is 24.2 Å². The molecular weight excluding hydrogens is 324 g/mol. The quantitative estimate of drug-likeness (QED) is 0.790. The van der Waals surface area contributed by atoms with Gasteiger partial charge in [0, 0.05) is 13.1 Å². The van der Waals surface area contributed by atoms with Crippen molar-refractivity contribution in [3.05, 3.63) is 34.8 Å². The Bertz CT molecular complexity index is 814. The molecule has 0 spiro atoms. The zero-order chi connectivity index (χ0) is 17.8. The van der Waals surface area contributed by atoms with Crippen LogP contribution in [0.5, 0.6) is 0 Å². The minimum atomic E-state index is -0.862. The maximum absolute atomic E-state index is 12.4. The van der Waals surface area contributed by atoms with Crippen LogP contribution in [0.15, 0.2) is 33.5 Å². The lowest BCUT2D eigenvalue weighted by Crippen LogP contribution is -2.41. The van der Waals surface area contributed by atoms with E-state index in [2.05, 4.69) is 0 Å². The van der Waals surface area contributed by atoms with Crippen LogP contribution in [-0.4, -0.2) is 40.5 Å². The summed E-state index contributed by atoms with van der Waals surface area (Å²) < 4.78 is 11.5. The fraction of sp³-hybridized carbons (Fsp3) is 0.500. The maximum Gasteiger partial charge on any atom is 0.420 e. The van der Waals surface area contributed by atoms with Gasteiger partial charge in [-0.3, -0.25) is 14.2 Å². The summed E-state index contributed by atoms with van der Waals surface area (Å²) in [6.45, 7) is 2.69. The van der Waals surface area contributed by atoms with E-state index in [0.717, 1.165) is 25.7 Å². The van der Waals surface area contributed by atoms with Gasteiger partial charge in [-0.05, 0) is 31.9 Å². The molecule has 25 heavy (non-hydrogen) atoms. The molecule has 0 aliphatic carbocycles. The van der Waals surface area contributed by atoms with Crippen LogP contribution in [0.3, 0.4) is 0 Å². The van der Waals surface area contributed by atoms with Crippen molar-refractivity contribution in [1.82, 2.24) is 9.47 Å². The van der Waals surface area contributed by atoms with Crippen LogP contribution in [0.4, 0.5) is 0 Å². The molecule has 1 aromatic heterocycles. The molecule has 2 aromatic rings. The van der Waals surface area contributed by atoms with Gasteiger partial charge < -0.3 is 14.1 Å². The molecule has 0 bridgehead atoms. The second-order valence-corrected chi connectivity index (χ2v) is 6.29. The van der Waals surface area contributed by atoms with Crippen molar-refractivity contribution in [3.8, 4) is 0 Å². The second kappa shape index (κ2) is 7.55. The second-order valence-electron chi connectivity index (χ2n) is 6.29. The molecule has 0 N–H and O–H groups in total. The minimum Gasteiger partial charge on any atom is -0.451 e. The predicted octanol–water partition coefficient (Wildman–Crippen LogP) is 1.93. The van der Waals surface area contributed by atoms with Crippen LogP contribution >= 0.6 is 0 Å². The first kappa shape index (κ1) is 17.3. The van der Waals surface area contributed by atoms with E-state index in [1.165, 1.54) is 4.57 Å². The Balaban J connectivity index is 1.64. The number of fused-ring (bicyclic) bond motifs is 1. The number of rotatable bonds is 4. The maximum atomic E-state index is 12.4. The molecule has 1 aromatic carbocycles. The Labute approximate surface area is 145 Å². The van der Waals surface area contributed by atoms with Gasteiger partial charge in [-0.2, -0.15) is 0 Å². The van der Waals surface area contributed by atoms with Crippen molar-refractivity contribution in [1.29, 1.82) is 0 Å². The molecule has 1 fully saturated rings. The third kappa shape index (κ3) is 3.92. The van der Waals surface area contributed by atoms with Crippen LogP contribution < -0.4 is 5.76 Å². The number of hydrogen-bond acceptors (Lipinski definition) is 5. The summed E-state index contributed by atoms with van der Waals surface area (Å²) in [7, 11) is 0. The first-order valence-electron chi connectivity index (χ1n) is 8.63. The molecule has 7 heteroatoms. The molecule has 134 valence electrons. The van der Waals surface area contributed by atoms with Crippen molar-refractivity contribution >= 4 is 23.0 Å². The largest absolute Gasteiger partial charge is 0.451 e. The molecule has 1 atom stereocenters. The smallest absolute Gasteiger partial charge is 0.420 e. The summed E-state index contributed by atoms with van der Waals surface area (Å²) in [4.78, 5) is 38.3. The Morgan fingerprint density at radius 1 is 1.16 bits per heavy atom. The summed E-state index contributed by atoms with van der Waals surface area (Å²) in [5, 5.41) is 0. The molecule has 0 saturated carbocycles. The highest BCUT2D eigenvalue weighted by Crippen LogP contribution is 2.13. The van der Waals surface area contributed by atoms with Gasteiger partial charge in [0.05, 0.1) is 5.52 Å². The van der Waals surface area contributed by atoms with E-state index < -0.39 is 17.8 Å². The number of carbonyl (C=O) groups is 2. The SMILES string of the molecule is C[C@@H](OC(=O)Cn1c(=O)oc2ccccc21)C(=O)N1CCCCCC1. The topological polar surface area (TPSA) is 81.7 Å².